The molecule has 0 radical (unpaired) electrons. The lowest BCUT2D eigenvalue weighted by Gasteiger charge is -2.20. The Bertz CT molecular complexity index is 526. The van der Waals surface area contributed by atoms with Crippen LogP contribution in [0, 0.1) is 6.92 Å². The van der Waals surface area contributed by atoms with Crippen LogP contribution < -0.4 is 14.8 Å². The molecule has 1 aromatic carbocycles. The molecule has 102 valence electrons. The van der Waals surface area contributed by atoms with Crippen molar-refractivity contribution in [3.8, 4) is 11.5 Å². The number of furan rings is 1. The lowest BCUT2D eigenvalue weighted by Crippen LogP contribution is -2.18. The van der Waals surface area contributed by atoms with E-state index in [1.807, 2.05) is 38.2 Å². The molecule has 1 aromatic heterocycles. The molecule has 19 heavy (non-hydrogen) atoms. The summed E-state index contributed by atoms with van der Waals surface area (Å²) < 4.78 is 16.3. The quantitative estimate of drug-likeness (QED) is 0.898. The number of methoxy groups -OCH3 is 2. The summed E-state index contributed by atoms with van der Waals surface area (Å²) in [6.07, 6.45) is 1.75. The van der Waals surface area contributed by atoms with Gasteiger partial charge in [-0.05, 0) is 32.2 Å². The van der Waals surface area contributed by atoms with Crippen molar-refractivity contribution in [2.45, 2.75) is 13.0 Å². The summed E-state index contributed by atoms with van der Waals surface area (Å²) in [6.45, 7) is 1.93. The Hall–Kier alpha value is -1.94. The average molecular weight is 261 g/mol. The first-order chi connectivity index (χ1) is 9.21. The topological polar surface area (TPSA) is 43.6 Å². The highest BCUT2D eigenvalue weighted by atomic mass is 16.5. The summed E-state index contributed by atoms with van der Waals surface area (Å²) in [7, 11) is 5.22. The van der Waals surface area contributed by atoms with Crippen molar-refractivity contribution in [3.63, 3.8) is 0 Å². The zero-order valence-corrected chi connectivity index (χ0v) is 11.7. The van der Waals surface area contributed by atoms with Crippen LogP contribution in [0.4, 0.5) is 0 Å². The van der Waals surface area contributed by atoms with Crippen molar-refractivity contribution in [3.05, 3.63) is 47.4 Å². The third kappa shape index (κ3) is 2.58. The van der Waals surface area contributed by atoms with Crippen molar-refractivity contribution in [1.29, 1.82) is 0 Å². The first-order valence-corrected chi connectivity index (χ1v) is 6.14. The second-order valence-electron chi connectivity index (χ2n) is 4.29. The van der Waals surface area contributed by atoms with Gasteiger partial charge in [0.05, 0.1) is 32.1 Å². The first-order valence-electron chi connectivity index (χ1n) is 6.14. The molecule has 0 aliphatic heterocycles. The van der Waals surface area contributed by atoms with Gasteiger partial charge in [-0.2, -0.15) is 0 Å². The number of rotatable bonds is 5. The Kier molecular flexibility index (Phi) is 4.12. The highest BCUT2D eigenvalue weighted by Gasteiger charge is 2.22. The van der Waals surface area contributed by atoms with Crippen molar-refractivity contribution in [1.82, 2.24) is 5.32 Å². The van der Waals surface area contributed by atoms with Crippen LogP contribution in [0.25, 0.3) is 0 Å². The normalized spacial score (nSPS) is 12.2. The maximum absolute atomic E-state index is 5.45. The van der Waals surface area contributed by atoms with E-state index in [2.05, 4.69) is 5.32 Å². The second kappa shape index (κ2) is 5.80. The smallest absolute Gasteiger partial charge is 0.127 e. The van der Waals surface area contributed by atoms with Gasteiger partial charge in [-0.1, -0.05) is 6.07 Å². The standard InChI is InChI=1S/C15H19NO3/c1-10-8-11(9-19-10)15(16-2)14-12(17-3)6-5-7-13(14)18-4/h5-9,15-16H,1-4H3. The second-order valence-corrected chi connectivity index (χ2v) is 4.29. The van der Waals surface area contributed by atoms with Gasteiger partial charge in [-0.25, -0.2) is 0 Å². The molecule has 0 aliphatic carbocycles. The van der Waals surface area contributed by atoms with Gasteiger partial charge in [0, 0.05) is 5.56 Å². The third-order valence-corrected chi connectivity index (χ3v) is 3.13. The van der Waals surface area contributed by atoms with Gasteiger partial charge >= 0.3 is 0 Å². The van der Waals surface area contributed by atoms with Gasteiger partial charge in [0.1, 0.15) is 17.3 Å². The summed E-state index contributed by atoms with van der Waals surface area (Å²) in [5.74, 6) is 2.46. The summed E-state index contributed by atoms with van der Waals surface area (Å²) in [5, 5.41) is 3.28. The number of hydrogen-bond acceptors (Lipinski definition) is 4. The fourth-order valence-corrected chi connectivity index (χ4v) is 2.26. The fourth-order valence-electron chi connectivity index (χ4n) is 2.26. The van der Waals surface area contributed by atoms with E-state index in [4.69, 9.17) is 13.9 Å². The summed E-state index contributed by atoms with van der Waals surface area (Å²) in [4.78, 5) is 0. The Balaban J connectivity index is 2.53. The molecule has 2 aromatic rings. The number of aryl methyl sites for hydroxylation is 1. The van der Waals surface area contributed by atoms with Crippen molar-refractivity contribution < 1.29 is 13.9 Å². The van der Waals surface area contributed by atoms with Crippen molar-refractivity contribution in [2.24, 2.45) is 0 Å². The van der Waals surface area contributed by atoms with E-state index in [-0.39, 0.29) is 6.04 Å². The van der Waals surface area contributed by atoms with E-state index in [9.17, 15) is 0 Å². The molecular weight excluding hydrogens is 242 g/mol. The molecule has 1 heterocycles. The molecule has 0 fully saturated rings. The van der Waals surface area contributed by atoms with E-state index in [0.29, 0.717) is 0 Å². The number of benzene rings is 1. The summed E-state index contributed by atoms with van der Waals surface area (Å²) in [5.41, 5.74) is 2.01. The highest BCUT2D eigenvalue weighted by Crippen LogP contribution is 2.37. The van der Waals surface area contributed by atoms with Crippen LogP contribution in [-0.4, -0.2) is 21.3 Å². The first kappa shape index (κ1) is 13.5. The average Bonchev–Trinajstić information content (AvgIpc) is 2.86. The zero-order valence-electron chi connectivity index (χ0n) is 11.7. The van der Waals surface area contributed by atoms with Gasteiger partial charge in [0.2, 0.25) is 0 Å². The van der Waals surface area contributed by atoms with Crippen molar-refractivity contribution in [2.75, 3.05) is 21.3 Å². The SMILES string of the molecule is CNC(c1coc(C)c1)c1c(OC)cccc1OC. The van der Waals surface area contributed by atoms with E-state index < -0.39 is 0 Å². The van der Waals surface area contributed by atoms with Gasteiger partial charge in [-0.3, -0.25) is 0 Å². The molecule has 0 spiro atoms. The molecule has 0 saturated heterocycles. The van der Waals surface area contributed by atoms with Crippen LogP contribution in [0.2, 0.25) is 0 Å². The lowest BCUT2D eigenvalue weighted by molar-refractivity contribution is 0.378. The van der Waals surface area contributed by atoms with Crippen LogP contribution in [0.15, 0.2) is 34.9 Å². The van der Waals surface area contributed by atoms with Gasteiger partial charge in [0.15, 0.2) is 0 Å². The van der Waals surface area contributed by atoms with Crippen molar-refractivity contribution >= 4 is 0 Å². The van der Waals surface area contributed by atoms with Crippen LogP contribution in [0.3, 0.4) is 0 Å². The molecular formula is C15H19NO3. The Morgan fingerprint density at radius 3 is 2.21 bits per heavy atom. The molecule has 0 amide bonds. The maximum Gasteiger partial charge on any atom is 0.127 e. The summed E-state index contributed by atoms with van der Waals surface area (Å²) in [6, 6.07) is 7.73. The van der Waals surface area contributed by atoms with Crippen LogP contribution in [0.1, 0.15) is 22.9 Å². The minimum absolute atomic E-state index is 0.0384. The van der Waals surface area contributed by atoms with E-state index in [0.717, 1.165) is 28.4 Å². The molecule has 0 aliphatic rings. The molecule has 1 atom stereocenters. The Morgan fingerprint density at radius 1 is 1.16 bits per heavy atom. The molecule has 0 saturated carbocycles. The monoisotopic (exact) mass is 261 g/mol. The van der Waals surface area contributed by atoms with Crippen LogP contribution in [0.5, 0.6) is 11.5 Å². The zero-order chi connectivity index (χ0) is 13.8. The van der Waals surface area contributed by atoms with Gasteiger partial charge < -0.3 is 19.2 Å². The minimum atomic E-state index is -0.0384. The van der Waals surface area contributed by atoms with Gasteiger partial charge in [-0.15, -0.1) is 0 Å². The minimum Gasteiger partial charge on any atom is -0.496 e. The number of ether oxygens (including phenoxy) is 2. The predicted molar refractivity (Wildman–Crippen MR) is 73.9 cm³/mol. The largest absolute Gasteiger partial charge is 0.496 e. The molecule has 1 N–H and O–H groups in total. The van der Waals surface area contributed by atoms with Crippen LogP contribution in [-0.2, 0) is 0 Å². The third-order valence-electron chi connectivity index (χ3n) is 3.13. The van der Waals surface area contributed by atoms with E-state index in [1.165, 1.54) is 0 Å². The number of nitrogens with one attached hydrogen (secondary N) is 1. The Morgan fingerprint density at radius 2 is 1.79 bits per heavy atom. The maximum atomic E-state index is 5.45. The summed E-state index contributed by atoms with van der Waals surface area (Å²) >= 11 is 0. The lowest BCUT2D eigenvalue weighted by atomic mass is 9.99. The molecule has 4 heteroatoms. The molecule has 0 bridgehead atoms. The fraction of sp³-hybridized carbons (Fsp3) is 0.333. The van der Waals surface area contributed by atoms with E-state index in [1.54, 1.807) is 20.5 Å². The molecule has 1 unspecified atom stereocenters. The predicted octanol–water partition coefficient (Wildman–Crippen LogP) is 2.91. The molecule has 2 rings (SSSR count). The van der Waals surface area contributed by atoms with E-state index >= 15 is 0 Å². The van der Waals surface area contributed by atoms with Crippen LogP contribution >= 0.6 is 0 Å². The Labute approximate surface area is 113 Å². The molecule has 4 nitrogen and oxygen atoms in total. The highest BCUT2D eigenvalue weighted by molar-refractivity contribution is 5.50. The number of hydrogen-bond donors (Lipinski definition) is 1. The van der Waals surface area contributed by atoms with Gasteiger partial charge in [0.25, 0.3) is 0 Å².